The maximum Gasteiger partial charge on any atom is 0.445 e. The molecule has 152 valence electrons. The highest BCUT2D eigenvalue weighted by molar-refractivity contribution is 7.15. The van der Waals surface area contributed by atoms with Crippen molar-refractivity contribution in [1.82, 2.24) is 15.5 Å². The summed E-state index contributed by atoms with van der Waals surface area (Å²) in [6, 6.07) is 9.89. The molecule has 0 aliphatic heterocycles. The molecule has 0 aliphatic rings. The number of amides is 2. The summed E-state index contributed by atoms with van der Waals surface area (Å²) in [7, 11) is 0. The SMILES string of the molecule is O=C(NCc1ccc(C(=O)Nc2nnc(C(F)(F)F)s2)cc1)OCc1cccs1. The quantitative estimate of drug-likeness (QED) is 0.594. The fourth-order valence-electron chi connectivity index (χ4n) is 2.09. The van der Waals surface area contributed by atoms with Crippen LogP contribution in [0.15, 0.2) is 41.8 Å². The lowest BCUT2D eigenvalue weighted by Gasteiger charge is -2.07. The molecule has 0 unspecified atom stereocenters. The van der Waals surface area contributed by atoms with Crippen LogP contribution in [0.2, 0.25) is 0 Å². The average molecular weight is 442 g/mol. The molecule has 0 radical (unpaired) electrons. The Morgan fingerprint density at radius 1 is 1.10 bits per heavy atom. The molecule has 3 aromatic rings. The summed E-state index contributed by atoms with van der Waals surface area (Å²) in [6.45, 7) is 0.376. The van der Waals surface area contributed by atoms with Crippen molar-refractivity contribution in [1.29, 1.82) is 0 Å². The summed E-state index contributed by atoms with van der Waals surface area (Å²) in [4.78, 5) is 24.7. The van der Waals surface area contributed by atoms with Gasteiger partial charge in [-0.1, -0.05) is 29.5 Å². The van der Waals surface area contributed by atoms with E-state index in [9.17, 15) is 22.8 Å². The second kappa shape index (κ2) is 9.01. The molecule has 29 heavy (non-hydrogen) atoms. The molecular formula is C17H13F3N4O3S2. The predicted molar refractivity (Wildman–Crippen MR) is 101 cm³/mol. The van der Waals surface area contributed by atoms with E-state index in [1.807, 2.05) is 17.5 Å². The fraction of sp³-hybridized carbons (Fsp3) is 0.176. The van der Waals surface area contributed by atoms with E-state index in [0.717, 1.165) is 4.88 Å². The molecule has 0 aliphatic carbocycles. The molecule has 0 atom stereocenters. The Labute approximate surface area is 170 Å². The molecule has 0 saturated heterocycles. The van der Waals surface area contributed by atoms with Crippen LogP contribution in [-0.4, -0.2) is 22.2 Å². The van der Waals surface area contributed by atoms with Gasteiger partial charge < -0.3 is 10.1 Å². The van der Waals surface area contributed by atoms with Gasteiger partial charge in [0.1, 0.15) is 6.61 Å². The number of halogens is 3. The van der Waals surface area contributed by atoms with Gasteiger partial charge in [-0.3, -0.25) is 10.1 Å². The number of ether oxygens (including phenoxy) is 1. The molecule has 2 aromatic heterocycles. The monoisotopic (exact) mass is 442 g/mol. The van der Waals surface area contributed by atoms with Crippen LogP contribution in [0.3, 0.4) is 0 Å². The number of benzene rings is 1. The minimum Gasteiger partial charge on any atom is -0.444 e. The van der Waals surface area contributed by atoms with Crippen molar-refractivity contribution < 1.29 is 27.5 Å². The van der Waals surface area contributed by atoms with Crippen LogP contribution in [0.25, 0.3) is 0 Å². The number of rotatable bonds is 6. The van der Waals surface area contributed by atoms with E-state index >= 15 is 0 Å². The summed E-state index contributed by atoms with van der Waals surface area (Å²) < 4.78 is 42.6. The lowest BCUT2D eigenvalue weighted by Crippen LogP contribution is -2.23. The largest absolute Gasteiger partial charge is 0.445 e. The summed E-state index contributed by atoms with van der Waals surface area (Å²) in [5.41, 5.74) is 0.933. The third kappa shape index (κ3) is 5.99. The highest BCUT2D eigenvalue weighted by Crippen LogP contribution is 2.33. The number of alkyl halides is 3. The van der Waals surface area contributed by atoms with E-state index in [1.165, 1.54) is 23.5 Å². The van der Waals surface area contributed by atoms with E-state index in [4.69, 9.17) is 4.74 Å². The molecule has 12 heteroatoms. The first kappa shape index (κ1) is 20.7. The van der Waals surface area contributed by atoms with Gasteiger partial charge in [0.05, 0.1) is 0 Å². The van der Waals surface area contributed by atoms with Crippen LogP contribution >= 0.6 is 22.7 Å². The number of alkyl carbamates (subject to hydrolysis) is 1. The van der Waals surface area contributed by atoms with Gasteiger partial charge in [0.25, 0.3) is 5.91 Å². The number of carbonyl (C=O) groups excluding carboxylic acids is 2. The Kier molecular flexibility index (Phi) is 6.44. The third-order valence-corrected chi connectivity index (χ3v) is 5.20. The van der Waals surface area contributed by atoms with Crippen LogP contribution in [0, 0.1) is 0 Å². The number of hydrogen-bond acceptors (Lipinski definition) is 7. The molecule has 2 amide bonds. The zero-order chi connectivity index (χ0) is 20.9. The van der Waals surface area contributed by atoms with Gasteiger partial charge in [-0.2, -0.15) is 13.2 Å². The fourth-order valence-corrected chi connectivity index (χ4v) is 3.31. The van der Waals surface area contributed by atoms with Crippen LogP contribution < -0.4 is 10.6 Å². The van der Waals surface area contributed by atoms with Crippen LogP contribution in [-0.2, 0) is 24.1 Å². The van der Waals surface area contributed by atoms with Crippen molar-refractivity contribution in [2.45, 2.75) is 19.3 Å². The Hall–Kier alpha value is -2.99. The van der Waals surface area contributed by atoms with Crippen molar-refractivity contribution in [3.63, 3.8) is 0 Å². The van der Waals surface area contributed by atoms with E-state index in [0.29, 0.717) is 5.56 Å². The number of nitrogens with zero attached hydrogens (tertiary/aromatic N) is 2. The van der Waals surface area contributed by atoms with E-state index in [2.05, 4.69) is 20.8 Å². The van der Waals surface area contributed by atoms with Gasteiger partial charge in [-0.15, -0.1) is 21.5 Å². The molecule has 0 saturated carbocycles. The van der Waals surface area contributed by atoms with Crippen molar-refractivity contribution in [3.05, 3.63) is 62.8 Å². The van der Waals surface area contributed by atoms with E-state index < -0.39 is 23.2 Å². The molecule has 0 bridgehead atoms. The van der Waals surface area contributed by atoms with Crippen LogP contribution in [0.5, 0.6) is 0 Å². The summed E-state index contributed by atoms with van der Waals surface area (Å²) in [6.07, 6.45) is -5.18. The topological polar surface area (TPSA) is 93.2 Å². The van der Waals surface area contributed by atoms with E-state index in [1.54, 1.807) is 12.1 Å². The summed E-state index contributed by atoms with van der Waals surface area (Å²) in [5, 5.41) is 11.7. The average Bonchev–Trinajstić information content (AvgIpc) is 3.36. The zero-order valence-electron chi connectivity index (χ0n) is 14.5. The van der Waals surface area contributed by atoms with E-state index in [-0.39, 0.29) is 35.2 Å². The molecule has 7 nitrogen and oxygen atoms in total. The first-order valence-electron chi connectivity index (χ1n) is 8.05. The predicted octanol–water partition coefficient (Wildman–Crippen LogP) is 4.30. The van der Waals surface area contributed by atoms with Crippen molar-refractivity contribution >= 4 is 39.8 Å². The minimum absolute atomic E-state index is 0.185. The zero-order valence-corrected chi connectivity index (χ0v) is 16.2. The normalized spacial score (nSPS) is 11.1. The highest BCUT2D eigenvalue weighted by Gasteiger charge is 2.35. The smallest absolute Gasteiger partial charge is 0.444 e. The molecule has 2 heterocycles. The van der Waals surface area contributed by atoms with Gasteiger partial charge in [0.15, 0.2) is 0 Å². The van der Waals surface area contributed by atoms with Crippen molar-refractivity contribution in [3.8, 4) is 0 Å². The van der Waals surface area contributed by atoms with Crippen LogP contribution in [0.4, 0.5) is 23.1 Å². The number of nitrogens with one attached hydrogen (secondary N) is 2. The Bertz CT molecular complexity index is 973. The first-order valence-corrected chi connectivity index (χ1v) is 9.75. The standard InChI is InChI=1S/C17H13F3N4O3S2/c18-17(19,20)14-23-24-15(29-14)22-13(25)11-5-3-10(4-6-11)8-21-16(26)27-9-12-2-1-7-28-12/h1-7H,8-9H2,(H,21,26)(H,22,24,25). The Balaban J connectivity index is 1.48. The number of hydrogen-bond donors (Lipinski definition) is 2. The maximum absolute atomic E-state index is 12.5. The second-order valence-corrected chi connectivity index (χ2v) is 7.58. The lowest BCUT2D eigenvalue weighted by atomic mass is 10.1. The van der Waals surface area contributed by atoms with Crippen LogP contribution in [0.1, 0.15) is 25.8 Å². The first-order chi connectivity index (χ1) is 13.8. The second-order valence-electron chi connectivity index (χ2n) is 5.57. The number of anilines is 1. The number of aromatic nitrogens is 2. The molecule has 0 spiro atoms. The Morgan fingerprint density at radius 3 is 2.48 bits per heavy atom. The van der Waals surface area contributed by atoms with Gasteiger partial charge in [-0.25, -0.2) is 4.79 Å². The molecule has 1 aromatic carbocycles. The lowest BCUT2D eigenvalue weighted by molar-refractivity contribution is -0.138. The molecule has 0 fully saturated rings. The van der Waals surface area contributed by atoms with Gasteiger partial charge in [0, 0.05) is 17.0 Å². The van der Waals surface area contributed by atoms with Crippen molar-refractivity contribution in [2.24, 2.45) is 0 Å². The van der Waals surface area contributed by atoms with Gasteiger partial charge in [-0.05, 0) is 29.1 Å². The minimum atomic E-state index is -4.61. The molecule has 3 rings (SSSR count). The highest BCUT2D eigenvalue weighted by atomic mass is 32.1. The third-order valence-electron chi connectivity index (χ3n) is 3.47. The maximum atomic E-state index is 12.5. The molecular weight excluding hydrogens is 429 g/mol. The number of carbonyl (C=O) groups is 2. The summed E-state index contributed by atoms with van der Waals surface area (Å²) in [5.74, 6) is -0.621. The van der Waals surface area contributed by atoms with Gasteiger partial charge in [0.2, 0.25) is 10.1 Å². The van der Waals surface area contributed by atoms with Gasteiger partial charge >= 0.3 is 12.3 Å². The Morgan fingerprint density at radius 2 is 1.86 bits per heavy atom. The number of thiophene rings is 1. The summed E-state index contributed by atoms with van der Waals surface area (Å²) >= 11 is 1.72. The molecule has 2 N–H and O–H groups in total. The van der Waals surface area contributed by atoms with Crippen molar-refractivity contribution in [2.75, 3.05) is 5.32 Å².